The van der Waals surface area contributed by atoms with Gasteiger partial charge in [0.05, 0.1) is 0 Å². The van der Waals surface area contributed by atoms with Crippen LogP contribution in [0.1, 0.15) is 12.5 Å². The third-order valence-corrected chi connectivity index (χ3v) is 2.45. The zero-order valence-electron chi connectivity index (χ0n) is 8.37. The maximum absolute atomic E-state index is 11.1. The molecule has 1 aromatic rings. The second kappa shape index (κ2) is 5.56. The van der Waals surface area contributed by atoms with Crippen LogP contribution in [-0.4, -0.2) is 5.97 Å². The van der Waals surface area contributed by atoms with Crippen molar-refractivity contribution in [1.82, 2.24) is 0 Å². The predicted octanol–water partition coefficient (Wildman–Crippen LogP) is 2.35. The molecule has 0 atom stereocenters. The zero-order valence-corrected chi connectivity index (χ0v) is 9.95. The molecule has 0 heterocycles. The molecule has 0 aliphatic rings. The Kier molecular flexibility index (Phi) is 4.37. The van der Waals surface area contributed by atoms with Crippen LogP contribution in [0.4, 0.5) is 0 Å². The summed E-state index contributed by atoms with van der Waals surface area (Å²) in [5.74, 6) is -0.425. The van der Waals surface area contributed by atoms with E-state index in [4.69, 9.17) is 10.5 Å². The lowest BCUT2D eigenvalue weighted by Gasteiger charge is -2.04. The van der Waals surface area contributed by atoms with Crippen molar-refractivity contribution in [3.63, 3.8) is 0 Å². The lowest BCUT2D eigenvalue weighted by Crippen LogP contribution is -2.04. The molecule has 0 amide bonds. The van der Waals surface area contributed by atoms with E-state index in [1.807, 2.05) is 24.3 Å². The van der Waals surface area contributed by atoms with Crippen LogP contribution < -0.4 is 5.73 Å². The number of esters is 1. The fourth-order valence-corrected chi connectivity index (χ4v) is 1.39. The molecule has 0 saturated carbocycles. The molecule has 0 unspecified atom stereocenters. The second-order valence-corrected chi connectivity index (χ2v) is 3.94. The van der Waals surface area contributed by atoms with E-state index >= 15 is 0 Å². The molecule has 1 aromatic carbocycles. The molecule has 0 radical (unpaired) electrons. The first kappa shape index (κ1) is 11.8. The van der Waals surface area contributed by atoms with Gasteiger partial charge in [0.1, 0.15) is 6.61 Å². The first-order chi connectivity index (χ1) is 7.09. The van der Waals surface area contributed by atoms with Gasteiger partial charge in [-0.15, -0.1) is 0 Å². The van der Waals surface area contributed by atoms with Gasteiger partial charge in [-0.05, 0) is 13.0 Å². The number of nitrogens with two attached hydrogens (primary N) is 1. The van der Waals surface area contributed by atoms with Crippen molar-refractivity contribution < 1.29 is 9.53 Å². The van der Waals surface area contributed by atoms with Crippen molar-refractivity contribution >= 4 is 21.9 Å². The number of rotatable bonds is 3. The number of hydrogen-bond acceptors (Lipinski definition) is 3. The summed E-state index contributed by atoms with van der Waals surface area (Å²) in [4.78, 5) is 11.1. The number of allylic oxidation sites excluding steroid dienone is 1. The van der Waals surface area contributed by atoms with Gasteiger partial charge < -0.3 is 10.5 Å². The minimum Gasteiger partial charge on any atom is -0.458 e. The van der Waals surface area contributed by atoms with Gasteiger partial charge in [0, 0.05) is 21.8 Å². The lowest BCUT2D eigenvalue weighted by molar-refractivity contribution is -0.139. The SMILES string of the molecule is C/C(N)=C/C(=O)OCc1ccccc1Br. The zero-order chi connectivity index (χ0) is 11.3. The van der Waals surface area contributed by atoms with Crippen molar-refractivity contribution in [3.8, 4) is 0 Å². The molecule has 3 nitrogen and oxygen atoms in total. The predicted molar refractivity (Wildman–Crippen MR) is 61.9 cm³/mol. The molecule has 0 fully saturated rings. The molecule has 15 heavy (non-hydrogen) atoms. The Hall–Kier alpha value is -1.29. The van der Waals surface area contributed by atoms with E-state index < -0.39 is 5.97 Å². The average Bonchev–Trinajstić information content (AvgIpc) is 2.15. The van der Waals surface area contributed by atoms with E-state index in [0.717, 1.165) is 10.0 Å². The fraction of sp³-hybridized carbons (Fsp3) is 0.182. The number of carbonyl (C=O) groups is 1. The largest absolute Gasteiger partial charge is 0.458 e. The Morgan fingerprint density at radius 3 is 2.80 bits per heavy atom. The van der Waals surface area contributed by atoms with E-state index in [1.165, 1.54) is 6.08 Å². The van der Waals surface area contributed by atoms with Crippen LogP contribution in [0.5, 0.6) is 0 Å². The Morgan fingerprint density at radius 2 is 2.20 bits per heavy atom. The van der Waals surface area contributed by atoms with Gasteiger partial charge in [0.25, 0.3) is 0 Å². The van der Waals surface area contributed by atoms with Crippen molar-refractivity contribution in [2.24, 2.45) is 5.73 Å². The molecule has 0 bridgehead atoms. The maximum Gasteiger partial charge on any atom is 0.332 e. The summed E-state index contributed by atoms with van der Waals surface area (Å²) in [6.45, 7) is 1.88. The minimum atomic E-state index is -0.425. The van der Waals surface area contributed by atoms with Gasteiger partial charge in [0.15, 0.2) is 0 Å². The van der Waals surface area contributed by atoms with Gasteiger partial charge >= 0.3 is 5.97 Å². The normalized spacial score (nSPS) is 11.2. The van der Waals surface area contributed by atoms with Crippen molar-refractivity contribution in [3.05, 3.63) is 46.1 Å². The van der Waals surface area contributed by atoms with Gasteiger partial charge in [-0.25, -0.2) is 4.79 Å². The second-order valence-electron chi connectivity index (χ2n) is 3.09. The quantitative estimate of drug-likeness (QED) is 0.677. The van der Waals surface area contributed by atoms with Crippen LogP contribution in [0.3, 0.4) is 0 Å². The van der Waals surface area contributed by atoms with Crippen LogP contribution in [0, 0.1) is 0 Å². The van der Waals surface area contributed by atoms with E-state index in [-0.39, 0.29) is 6.61 Å². The van der Waals surface area contributed by atoms with Crippen LogP contribution >= 0.6 is 15.9 Å². The van der Waals surface area contributed by atoms with E-state index in [9.17, 15) is 4.79 Å². The monoisotopic (exact) mass is 269 g/mol. The third-order valence-electron chi connectivity index (χ3n) is 1.67. The average molecular weight is 270 g/mol. The Morgan fingerprint density at radius 1 is 1.53 bits per heavy atom. The molecule has 0 aliphatic heterocycles. The van der Waals surface area contributed by atoms with Gasteiger partial charge in [-0.3, -0.25) is 0 Å². The van der Waals surface area contributed by atoms with Crippen LogP contribution in [0.25, 0.3) is 0 Å². The summed E-state index contributed by atoms with van der Waals surface area (Å²) in [7, 11) is 0. The van der Waals surface area contributed by atoms with Gasteiger partial charge in [-0.2, -0.15) is 0 Å². The van der Waals surface area contributed by atoms with E-state index in [2.05, 4.69) is 15.9 Å². The number of carbonyl (C=O) groups excluding carboxylic acids is 1. The van der Waals surface area contributed by atoms with E-state index in [0.29, 0.717) is 5.70 Å². The fourth-order valence-electron chi connectivity index (χ4n) is 0.992. The number of ether oxygens (including phenoxy) is 1. The first-order valence-electron chi connectivity index (χ1n) is 4.43. The molecule has 80 valence electrons. The summed E-state index contributed by atoms with van der Waals surface area (Å²) >= 11 is 3.37. The summed E-state index contributed by atoms with van der Waals surface area (Å²) in [6.07, 6.45) is 1.26. The molecule has 2 N–H and O–H groups in total. The standard InChI is InChI=1S/C11H12BrNO2/c1-8(13)6-11(14)15-7-9-4-2-3-5-10(9)12/h2-6H,7,13H2,1H3/b8-6-. The Balaban J connectivity index is 2.55. The number of hydrogen-bond donors (Lipinski definition) is 1. The molecule has 0 saturated heterocycles. The highest BCUT2D eigenvalue weighted by Gasteiger charge is 2.02. The molecule has 0 aliphatic carbocycles. The van der Waals surface area contributed by atoms with Crippen molar-refractivity contribution in [2.75, 3.05) is 0 Å². The summed E-state index contributed by atoms with van der Waals surface area (Å²) in [5, 5.41) is 0. The topological polar surface area (TPSA) is 52.3 Å². The molecule has 0 spiro atoms. The number of benzene rings is 1. The molecular weight excluding hydrogens is 258 g/mol. The summed E-state index contributed by atoms with van der Waals surface area (Å²) in [6, 6.07) is 7.57. The maximum atomic E-state index is 11.1. The summed E-state index contributed by atoms with van der Waals surface area (Å²) < 4.78 is 5.92. The minimum absolute atomic E-state index is 0.240. The Bertz CT molecular complexity index is 384. The lowest BCUT2D eigenvalue weighted by atomic mass is 10.2. The smallest absolute Gasteiger partial charge is 0.332 e. The van der Waals surface area contributed by atoms with Crippen molar-refractivity contribution in [1.29, 1.82) is 0 Å². The highest BCUT2D eigenvalue weighted by molar-refractivity contribution is 9.10. The van der Waals surface area contributed by atoms with Crippen LogP contribution in [0.2, 0.25) is 0 Å². The van der Waals surface area contributed by atoms with Crippen LogP contribution in [-0.2, 0) is 16.1 Å². The van der Waals surface area contributed by atoms with Gasteiger partial charge in [-0.1, -0.05) is 34.1 Å². The number of halogens is 1. The molecule has 0 aromatic heterocycles. The van der Waals surface area contributed by atoms with Crippen LogP contribution in [0.15, 0.2) is 40.5 Å². The Labute approximate surface area is 97.0 Å². The molecular formula is C11H12BrNO2. The van der Waals surface area contributed by atoms with E-state index in [1.54, 1.807) is 6.92 Å². The van der Waals surface area contributed by atoms with Crippen molar-refractivity contribution in [2.45, 2.75) is 13.5 Å². The highest BCUT2D eigenvalue weighted by Crippen LogP contribution is 2.16. The van der Waals surface area contributed by atoms with Gasteiger partial charge in [0.2, 0.25) is 0 Å². The molecule has 1 rings (SSSR count). The third kappa shape index (κ3) is 4.16. The highest BCUT2D eigenvalue weighted by atomic mass is 79.9. The first-order valence-corrected chi connectivity index (χ1v) is 5.23. The summed E-state index contributed by atoms with van der Waals surface area (Å²) in [5.41, 5.74) is 6.71. The molecule has 4 heteroatoms.